The SMILES string of the molecule is CC1CCCc2cc(O)c(O)cc21.Oc1ccc2c(O)c3ccccc3cc2c1O. The molecule has 0 saturated heterocycles. The Hall–Kier alpha value is -3.60. The maximum Gasteiger partial charge on any atom is 0.165 e. The molecule has 5 N–H and O–H groups in total. The van der Waals surface area contributed by atoms with Crippen molar-refractivity contribution in [2.24, 2.45) is 0 Å². The van der Waals surface area contributed by atoms with Crippen LogP contribution in [0.3, 0.4) is 0 Å². The van der Waals surface area contributed by atoms with Crippen molar-refractivity contribution in [3.05, 3.63) is 65.7 Å². The molecule has 1 atom stereocenters. The molecule has 5 nitrogen and oxygen atoms in total. The second-order valence-corrected chi connectivity index (χ2v) is 7.81. The van der Waals surface area contributed by atoms with Crippen LogP contribution in [0, 0.1) is 0 Å². The number of hydrogen-bond donors (Lipinski definition) is 5. The molecule has 5 heteroatoms. The largest absolute Gasteiger partial charge is 0.507 e. The molecule has 4 aromatic rings. The highest BCUT2D eigenvalue weighted by Crippen LogP contribution is 2.41. The number of aryl methyl sites for hydroxylation is 1. The van der Waals surface area contributed by atoms with Crippen molar-refractivity contribution < 1.29 is 25.5 Å². The first-order valence-electron chi connectivity index (χ1n) is 9.97. The van der Waals surface area contributed by atoms with E-state index >= 15 is 0 Å². The summed E-state index contributed by atoms with van der Waals surface area (Å²) in [6.07, 6.45) is 3.38. The second-order valence-electron chi connectivity index (χ2n) is 7.81. The van der Waals surface area contributed by atoms with E-state index in [1.807, 2.05) is 24.3 Å². The summed E-state index contributed by atoms with van der Waals surface area (Å²) in [6.45, 7) is 2.16. The smallest absolute Gasteiger partial charge is 0.165 e. The van der Waals surface area contributed by atoms with Gasteiger partial charge in [-0.15, -0.1) is 0 Å². The molecule has 0 saturated carbocycles. The second kappa shape index (κ2) is 7.67. The van der Waals surface area contributed by atoms with Crippen molar-refractivity contribution >= 4 is 21.5 Å². The van der Waals surface area contributed by atoms with Gasteiger partial charge in [-0.25, -0.2) is 0 Å². The fourth-order valence-corrected chi connectivity index (χ4v) is 4.15. The zero-order chi connectivity index (χ0) is 21.4. The van der Waals surface area contributed by atoms with Crippen LogP contribution >= 0.6 is 0 Å². The molecule has 0 spiro atoms. The van der Waals surface area contributed by atoms with Gasteiger partial charge in [0.15, 0.2) is 23.0 Å². The average Bonchev–Trinajstić information content (AvgIpc) is 2.73. The lowest BCUT2D eigenvalue weighted by molar-refractivity contribution is 0.400. The minimum atomic E-state index is -0.205. The number of aromatic hydroxyl groups is 5. The summed E-state index contributed by atoms with van der Waals surface area (Å²) < 4.78 is 0. The molecule has 154 valence electrons. The Morgan fingerprint density at radius 2 is 1.43 bits per heavy atom. The monoisotopic (exact) mass is 404 g/mol. The van der Waals surface area contributed by atoms with E-state index in [4.69, 9.17) is 0 Å². The topological polar surface area (TPSA) is 101 Å². The van der Waals surface area contributed by atoms with E-state index in [0.717, 1.165) is 17.2 Å². The Kier molecular flexibility index (Phi) is 5.04. The zero-order valence-electron chi connectivity index (χ0n) is 16.6. The predicted molar refractivity (Wildman–Crippen MR) is 118 cm³/mol. The maximum absolute atomic E-state index is 10.1. The van der Waals surface area contributed by atoms with Gasteiger partial charge in [0, 0.05) is 16.2 Å². The van der Waals surface area contributed by atoms with Crippen molar-refractivity contribution in [3.63, 3.8) is 0 Å². The van der Waals surface area contributed by atoms with E-state index in [2.05, 4.69) is 6.92 Å². The van der Waals surface area contributed by atoms with Gasteiger partial charge >= 0.3 is 0 Å². The minimum Gasteiger partial charge on any atom is -0.507 e. The molecule has 0 fully saturated rings. The molecule has 30 heavy (non-hydrogen) atoms. The Labute approximate surface area is 174 Å². The summed E-state index contributed by atoms with van der Waals surface area (Å²) >= 11 is 0. The van der Waals surface area contributed by atoms with E-state index in [9.17, 15) is 25.5 Å². The molecule has 1 unspecified atom stereocenters. The van der Waals surface area contributed by atoms with Gasteiger partial charge in [-0.1, -0.05) is 31.2 Å². The number of fused-ring (bicyclic) bond motifs is 3. The van der Waals surface area contributed by atoms with Gasteiger partial charge in [-0.05, 0) is 72.0 Å². The lowest BCUT2D eigenvalue weighted by Gasteiger charge is -2.22. The Morgan fingerprint density at radius 1 is 0.700 bits per heavy atom. The van der Waals surface area contributed by atoms with E-state index in [0.29, 0.717) is 16.7 Å². The number of hydrogen-bond acceptors (Lipinski definition) is 5. The Balaban J connectivity index is 0.000000151. The standard InChI is InChI=1S/C14H10O3.C11H14O2/c15-12-6-5-10-11(14(12)17)7-8-3-1-2-4-9(8)13(10)16;1-7-3-2-4-8-5-10(12)11(13)6-9(7)8/h1-7,15-17H;5-7,12-13H,2-4H2,1H3. The molecule has 1 aliphatic rings. The number of rotatable bonds is 0. The third-order valence-electron chi connectivity index (χ3n) is 5.82. The highest BCUT2D eigenvalue weighted by Gasteiger charge is 2.18. The van der Waals surface area contributed by atoms with Crippen LogP contribution in [0.15, 0.2) is 54.6 Å². The van der Waals surface area contributed by atoms with Gasteiger partial charge in [0.05, 0.1) is 0 Å². The van der Waals surface area contributed by atoms with Crippen molar-refractivity contribution in [1.29, 1.82) is 0 Å². The van der Waals surface area contributed by atoms with Gasteiger partial charge in [0.25, 0.3) is 0 Å². The number of phenolic OH excluding ortho intramolecular Hbond substituents is 5. The quantitative estimate of drug-likeness (QED) is 0.193. The molecular formula is C25H24O5. The van der Waals surface area contributed by atoms with Gasteiger partial charge in [-0.3, -0.25) is 0 Å². The van der Waals surface area contributed by atoms with Crippen LogP contribution in [0.5, 0.6) is 28.7 Å². The van der Waals surface area contributed by atoms with Crippen molar-refractivity contribution in [3.8, 4) is 28.7 Å². The Bertz CT molecular complexity index is 1250. The van der Waals surface area contributed by atoms with Gasteiger partial charge < -0.3 is 25.5 Å². The molecule has 5 rings (SSSR count). The number of phenols is 5. The lowest BCUT2D eigenvalue weighted by atomic mass is 9.84. The molecule has 0 radical (unpaired) electrons. The first kappa shape index (κ1) is 19.7. The van der Waals surface area contributed by atoms with Crippen LogP contribution in [-0.2, 0) is 6.42 Å². The third-order valence-corrected chi connectivity index (χ3v) is 5.82. The zero-order valence-corrected chi connectivity index (χ0v) is 16.6. The fraction of sp³-hybridized carbons (Fsp3) is 0.200. The maximum atomic E-state index is 10.1. The van der Waals surface area contributed by atoms with Crippen LogP contribution in [0.25, 0.3) is 21.5 Å². The van der Waals surface area contributed by atoms with Crippen LogP contribution in [-0.4, -0.2) is 25.5 Å². The molecule has 1 aliphatic carbocycles. The average molecular weight is 404 g/mol. The van der Waals surface area contributed by atoms with E-state index < -0.39 is 0 Å². The molecule has 4 aromatic carbocycles. The summed E-state index contributed by atoms with van der Waals surface area (Å²) in [7, 11) is 0. The molecule has 0 aromatic heterocycles. The lowest BCUT2D eigenvalue weighted by Crippen LogP contribution is -2.06. The normalized spacial score (nSPS) is 15.4. The first-order chi connectivity index (χ1) is 14.4. The van der Waals surface area contributed by atoms with E-state index in [1.165, 1.54) is 30.0 Å². The van der Waals surface area contributed by atoms with Crippen LogP contribution in [0.4, 0.5) is 0 Å². The van der Waals surface area contributed by atoms with Crippen LogP contribution in [0.1, 0.15) is 36.8 Å². The fourth-order valence-electron chi connectivity index (χ4n) is 4.15. The summed E-state index contributed by atoms with van der Waals surface area (Å²) in [5, 5.41) is 50.5. The third kappa shape index (κ3) is 3.43. The van der Waals surface area contributed by atoms with Crippen molar-refractivity contribution in [2.45, 2.75) is 32.1 Å². The summed E-state index contributed by atoms with van der Waals surface area (Å²) in [6, 6.07) is 15.5. The van der Waals surface area contributed by atoms with Gasteiger partial charge in [0.1, 0.15) is 5.75 Å². The van der Waals surface area contributed by atoms with Crippen LogP contribution in [0.2, 0.25) is 0 Å². The molecule has 0 amide bonds. The highest BCUT2D eigenvalue weighted by molar-refractivity contribution is 6.07. The van der Waals surface area contributed by atoms with Gasteiger partial charge in [0.2, 0.25) is 0 Å². The predicted octanol–water partition coefficient (Wildman–Crippen LogP) is 5.65. The summed E-state index contributed by atoms with van der Waals surface area (Å²) in [5.74, 6) is 0.250. The first-order valence-corrected chi connectivity index (χ1v) is 9.97. The van der Waals surface area contributed by atoms with Crippen molar-refractivity contribution in [2.75, 3.05) is 0 Å². The summed E-state index contributed by atoms with van der Waals surface area (Å²) in [4.78, 5) is 0. The Morgan fingerprint density at radius 3 is 2.23 bits per heavy atom. The highest BCUT2D eigenvalue weighted by atomic mass is 16.3. The molecule has 0 bridgehead atoms. The van der Waals surface area contributed by atoms with Crippen molar-refractivity contribution in [1.82, 2.24) is 0 Å². The minimum absolute atomic E-state index is 0.00694. The molecule has 0 aliphatic heterocycles. The number of benzene rings is 4. The van der Waals surface area contributed by atoms with Gasteiger partial charge in [-0.2, -0.15) is 0 Å². The molecular weight excluding hydrogens is 380 g/mol. The van der Waals surface area contributed by atoms with E-state index in [-0.39, 0.29) is 28.7 Å². The van der Waals surface area contributed by atoms with E-state index in [1.54, 1.807) is 24.3 Å². The molecule has 0 heterocycles. The summed E-state index contributed by atoms with van der Waals surface area (Å²) in [5.41, 5.74) is 2.38. The van der Waals surface area contributed by atoms with Crippen LogP contribution < -0.4 is 0 Å².